The van der Waals surface area contributed by atoms with Crippen molar-refractivity contribution < 1.29 is 23.8 Å². The standard InChI is InChI=1S/C34H52N2O5/c1-21(6-15-30(37)36-35)27-13-14-28-26-12-11-24-20-25(16-18-33(24,2)29(26)17-19-34(27,28)3)41-31(38)22-7-9-23(10-8-22)32(39-4)40-5/h7-10,21,24-29,32H,6,11-20,35H2,1-5H3,(H,36,37)/t21-,24-,25-,26+,27-,28+,29+,33+,34-/m1/s1. The molecule has 0 aliphatic heterocycles. The second kappa shape index (κ2) is 12.3. The van der Waals surface area contributed by atoms with Crippen LogP contribution in [0.15, 0.2) is 24.3 Å². The summed E-state index contributed by atoms with van der Waals surface area (Å²) < 4.78 is 16.7. The molecule has 0 spiro atoms. The van der Waals surface area contributed by atoms with Crippen molar-refractivity contribution in [2.24, 2.45) is 52.2 Å². The van der Waals surface area contributed by atoms with Gasteiger partial charge in [-0.3, -0.25) is 10.2 Å². The molecular weight excluding hydrogens is 516 g/mol. The van der Waals surface area contributed by atoms with E-state index in [0.717, 1.165) is 49.0 Å². The van der Waals surface area contributed by atoms with E-state index in [1.807, 2.05) is 24.3 Å². The van der Waals surface area contributed by atoms with Crippen LogP contribution in [-0.2, 0) is 19.0 Å². The highest BCUT2D eigenvalue weighted by Gasteiger charge is 2.60. The largest absolute Gasteiger partial charge is 0.459 e. The maximum absolute atomic E-state index is 13.0. The Labute approximate surface area is 246 Å². The smallest absolute Gasteiger partial charge is 0.338 e. The predicted octanol–water partition coefficient (Wildman–Crippen LogP) is 6.57. The first kappa shape index (κ1) is 30.5. The van der Waals surface area contributed by atoms with E-state index in [9.17, 15) is 9.59 Å². The number of fused-ring (bicyclic) bond motifs is 5. The molecule has 7 heteroatoms. The lowest BCUT2D eigenvalue weighted by Gasteiger charge is -2.61. The number of nitrogens with one attached hydrogen (secondary N) is 1. The first-order valence-electron chi connectivity index (χ1n) is 16.0. The van der Waals surface area contributed by atoms with Crippen LogP contribution in [0, 0.1) is 46.3 Å². The summed E-state index contributed by atoms with van der Waals surface area (Å²) in [5, 5.41) is 0. The van der Waals surface area contributed by atoms with Crippen molar-refractivity contribution in [2.75, 3.05) is 14.2 Å². The zero-order valence-corrected chi connectivity index (χ0v) is 25.8. The zero-order valence-electron chi connectivity index (χ0n) is 25.8. The average Bonchev–Trinajstić information content (AvgIpc) is 3.34. The van der Waals surface area contributed by atoms with Gasteiger partial charge in [-0.15, -0.1) is 0 Å². The summed E-state index contributed by atoms with van der Waals surface area (Å²) in [5.41, 5.74) is 4.49. The van der Waals surface area contributed by atoms with Crippen molar-refractivity contribution in [1.82, 2.24) is 5.43 Å². The summed E-state index contributed by atoms with van der Waals surface area (Å²) in [5.74, 6) is 9.30. The second-order valence-electron chi connectivity index (χ2n) is 14.2. The van der Waals surface area contributed by atoms with E-state index in [4.69, 9.17) is 20.1 Å². The lowest BCUT2D eigenvalue weighted by atomic mass is 9.44. The molecule has 9 atom stereocenters. The maximum atomic E-state index is 13.0. The van der Waals surface area contributed by atoms with E-state index in [0.29, 0.717) is 40.6 Å². The van der Waals surface area contributed by atoms with Crippen LogP contribution < -0.4 is 11.3 Å². The number of hydrazine groups is 1. The van der Waals surface area contributed by atoms with Crippen molar-refractivity contribution in [3.63, 3.8) is 0 Å². The SMILES string of the molecule is COC(OC)c1ccc(C(=O)O[C@@H]2CC[C@@]3(C)[C@H](CC[C@@H]4[C@@H]3CC[C@]3(C)[C@@H]([C@H](C)CCC(=O)NN)CC[C@@H]43)C2)cc1. The van der Waals surface area contributed by atoms with Gasteiger partial charge in [-0.2, -0.15) is 0 Å². The highest BCUT2D eigenvalue weighted by Crippen LogP contribution is 2.68. The number of carbonyl (C=O) groups is 2. The molecule has 0 aromatic heterocycles. The number of methoxy groups -OCH3 is 2. The molecule has 0 bridgehead atoms. The van der Waals surface area contributed by atoms with E-state index in [2.05, 4.69) is 26.2 Å². The third kappa shape index (κ3) is 5.71. The van der Waals surface area contributed by atoms with Gasteiger partial charge < -0.3 is 14.2 Å². The molecule has 0 saturated heterocycles. The van der Waals surface area contributed by atoms with Gasteiger partial charge in [-0.25, -0.2) is 10.6 Å². The van der Waals surface area contributed by atoms with Crippen molar-refractivity contribution in [3.8, 4) is 0 Å². The predicted molar refractivity (Wildman–Crippen MR) is 158 cm³/mol. The summed E-state index contributed by atoms with van der Waals surface area (Å²) in [6.07, 6.45) is 11.9. The molecule has 5 rings (SSSR count). The summed E-state index contributed by atoms with van der Waals surface area (Å²) in [7, 11) is 3.21. The quantitative estimate of drug-likeness (QED) is 0.115. The number of hydrogen-bond acceptors (Lipinski definition) is 6. The van der Waals surface area contributed by atoms with Crippen LogP contribution in [0.25, 0.3) is 0 Å². The minimum Gasteiger partial charge on any atom is -0.459 e. The molecular formula is C34H52N2O5. The number of carbonyl (C=O) groups excluding carboxylic acids is 2. The normalized spacial score (nSPS) is 37.0. The topological polar surface area (TPSA) is 99.9 Å². The van der Waals surface area contributed by atoms with E-state index in [1.54, 1.807) is 14.2 Å². The second-order valence-corrected chi connectivity index (χ2v) is 14.2. The monoisotopic (exact) mass is 568 g/mol. The molecule has 7 nitrogen and oxygen atoms in total. The van der Waals surface area contributed by atoms with Gasteiger partial charge in [-0.1, -0.05) is 32.9 Å². The Bertz CT molecular complexity index is 1070. The molecule has 4 aliphatic carbocycles. The molecule has 4 fully saturated rings. The lowest BCUT2D eigenvalue weighted by molar-refractivity contribution is -0.131. The summed E-state index contributed by atoms with van der Waals surface area (Å²) in [6, 6.07) is 7.36. The van der Waals surface area contributed by atoms with Crippen LogP contribution in [-0.4, -0.2) is 32.2 Å². The van der Waals surface area contributed by atoms with Gasteiger partial charge >= 0.3 is 5.97 Å². The Morgan fingerprint density at radius 1 is 0.951 bits per heavy atom. The minimum atomic E-state index is -0.438. The van der Waals surface area contributed by atoms with Crippen LogP contribution >= 0.6 is 0 Å². The summed E-state index contributed by atoms with van der Waals surface area (Å²) in [6.45, 7) is 7.50. The fourth-order valence-corrected chi connectivity index (χ4v) is 10.3. The third-order valence-electron chi connectivity index (χ3n) is 12.5. The van der Waals surface area contributed by atoms with Crippen molar-refractivity contribution in [2.45, 2.75) is 104 Å². The van der Waals surface area contributed by atoms with Crippen LogP contribution in [0.5, 0.6) is 0 Å². The Kier molecular flexibility index (Phi) is 9.18. The first-order chi connectivity index (χ1) is 19.6. The molecule has 3 N–H and O–H groups in total. The van der Waals surface area contributed by atoms with E-state index in [1.165, 1.54) is 38.5 Å². The third-order valence-corrected chi connectivity index (χ3v) is 12.5. The van der Waals surface area contributed by atoms with E-state index < -0.39 is 6.29 Å². The summed E-state index contributed by atoms with van der Waals surface area (Å²) in [4.78, 5) is 24.8. The number of amides is 1. The molecule has 1 amide bonds. The molecule has 41 heavy (non-hydrogen) atoms. The molecule has 0 heterocycles. The van der Waals surface area contributed by atoms with Gasteiger partial charge in [0.15, 0.2) is 6.29 Å². The zero-order chi connectivity index (χ0) is 29.4. The Morgan fingerprint density at radius 3 is 2.32 bits per heavy atom. The van der Waals surface area contributed by atoms with Crippen molar-refractivity contribution >= 4 is 11.9 Å². The van der Waals surface area contributed by atoms with E-state index >= 15 is 0 Å². The number of ether oxygens (including phenoxy) is 3. The number of esters is 1. The van der Waals surface area contributed by atoms with Gasteiger partial charge in [0.1, 0.15) is 6.10 Å². The molecule has 0 radical (unpaired) electrons. The molecule has 4 aliphatic rings. The molecule has 1 aromatic carbocycles. The Balaban J connectivity index is 1.20. The van der Waals surface area contributed by atoms with Crippen LogP contribution in [0.2, 0.25) is 0 Å². The molecule has 1 aromatic rings. The maximum Gasteiger partial charge on any atom is 0.338 e. The van der Waals surface area contributed by atoms with Gasteiger partial charge in [-0.05, 0) is 123 Å². The Morgan fingerprint density at radius 2 is 1.63 bits per heavy atom. The highest BCUT2D eigenvalue weighted by atomic mass is 16.7. The first-order valence-corrected chi connectivity index (χ1v) is 16.0. The van der Waals surface area contributed by atoms with Crippen LogP contribution in [0.3, 0.4) is 0 Å². The number of benzene rings is 1. The number of nitrogens with two attached hydrogens (primary N) is 1. The van der Waals surface area contributed by atoms with Crippen LogP contribution in [0.4, 0.5) is 0 Å². The van der Waals surface area contributed by atoms with Gasteiger partial charge in [0.2, 0.25) is 5.91 Å². The van der Waals surface area contributed by atoms with Crippen LogP contribution in [0.1, 0.15) is 114 Å². The molecule has 0 unspecified atom stereocenters. The number of hydrogen-bond donors (Lipinski definition) is 2. The lowest BCUT2D eigenvalue weighted by Crippen LogP contribution is -2.54. The average molecular weight is 569 g/mol. The van der Waals surface area contributed by atoms with Gasteiger partial charge in [0.25, 0.3) is 0 Å². The van der Waals surface area contributed by atoms with Crippen molar-refractivity contribution in [3.05, 3.63) is 35.4 Å². The van der Waals surface area contributed by atoms with Gasteiger partial charge in [0, 0.05) is 26.2 Å². The fraction of sp³-hybridized carbons (Fsp3) is 0.765. The number of rotatable bonds is 9. The molecule has 4 saturated carbocycles. The minimum absolute atomic E-state index is 0.00112. The Hall–Kier alpha value is -1.96. The van der Waals surface area contributed by atoms with Crippen molar-refractivity contribution in [1.29, 1.82) is 0 Å². The highest BCUT2D eigenvalue weighted by molar-refractivity contribution is 5.89. The van der Waals surface area contributed by atoms with E-state index in [-0.39, 0.29) is 18.0 Å². The molecule has 228 valence electrons. The summed E-state index contributed by atoms with van der Waals surface area (Å²) >= 11 is 0. The fourth-order valence-electron chi connectivity index (χ4n) is 10.3. The van der Waals surface area contributed by atoms with Gasteiger partial charge in [0.05, 0.1) is 5.56 Å².